The first-order chi connectivity index (χ1) is 19.6. The summed E-state index contributed by atoms with van der Waals surface area (Å²) in [6, 6.07) is 5.38. The molecule has 1 aliphatic heterocycles. The van der Waals surface area contributed by atoms with Crippen LogP contribution in [0, 0.1) is 11.8 Å². The van der Waals surface area contributed by atoms with Gasteiger partial charge in [0.2, 0.25) is 5.91 Å². The maximum absolute atomic E-state index is 12.3. The number of aliphatic hydroxyl groups is 1. The van der Waals surface area contributed by atoms with Gasteiger partial charge in [-0.3, -0.25) is 9.59 Å². The van der Waals surface area contributed by atoms with Gasteiger partial charge >= 0.3 is 0 Å². The van der Waals surface area contributed by atoms with E-state index in [1.54, 1.807) is 56.2 Å². The second kappa shape index (κ2) is 23.2. The van der Waals surface area contributed by atoms with Crippen LogP contribution in [0.15, 0.2) is 18.2 Å². The van der Waals surface area contributed by atoms with Crippen LogP contribution in [-0.4, -0.2) is 101 Å². The van der Waals surface area contributed by atoms with Crippen LogP contribution in [-0.2, 0) is 9.53 Å². The van der Waals surface area contributed by atoms with Crippen molar-refractivity contribution in [3.05, 3.63) is 23.8 Å². The molecule has 0 spiro atoms. The third-order valence-electron chi connectivity index (χ3n) is 7.38. The fourth-order valence-corrected chi connectivity index (χ4v) is 4.44. The highest BCUT2D eigenvalue weighted by Gasteiger charge is 2.18. The lowest BCUT2D eigenvalue weighted by atomic mass is 9.91. The molecule has 41 heavy (non-hydrogen) atoms. The fraction of sp³-hybridized carbons (Fsp3) is 0.750. The van der Waals surface area contributed by atoms with Crippen molar-refractivity contribution in [3.63, 3.8) is 0 Å². The van der Waals surface area contributed by atoms with Crippen molar-refractivity contribution in [2.75, 3.05) is 68.3 Å². The lowest BCUT2D eigenvalue weighted by molar-refractivity contribution is -0.128. The van der Waals surface area contributed by atoms with Crippen molar-refractivity contribution in [3.8, 4) is 11.5 Å². The molecule has 1 saturated carbocycles. The second-order valence-electron chi connectivity index (χ2n) is 11.1. The molecule has 9 heteroatoms. The van der Waals surface area contributed by atoms with E-state index < -0.39 is 0 Å². The van der Waals surface area contributed by atoms with E-state index in [0.717, 1.165) is 39.1 Å². The Bertz CT molecular complexity index is 824. The molecule has 1 aliphatic carbocycles. The summed E-state index contributed by atoms with van der Waals surface area (Å²) >= 11 is 0. The Hall–Kier alpha value is -2.36. The molecule has 3 rings (SSSR count). The average Bonchev–Trinajstić information content (AvgIpc) is 3.49. The minimum atomic E-state index is -0.0330. The summed E-state index contributed by atoms with van der Waals surface area (Å²) in [7, 11) is 7.89. The second-order valence-corrected chi connectivity index (χ2v) is 11.1. The van der Waals surface area contributed by atoms with Crippen LogP contribution in [0.1, 0.15) is 83.0 Å². The van der Waals surface area contributed by atoms with Gasteiger partial charge in [-0.2, -0.15) is 0 Å². The average molecular weight is 582 g/mol. The Balaban J connectivity index is 0.000000659. The summed E-state index contributed by atoms with van der Waals surface area (Å²) in [5, 5.41) is 10.3. The van der Waals surface area contributed by atoms with E-state index in [-0.39, 0.29) is 17.9 Å². The van der Waals surface area contributed by atoms with Gasteiger partial charge in [-0.15, -0.1) is 0 Å². The molecule has 2 N–H and O–H groups in total. The molecule has 1 aromatic carbocycles. The molecule has 1 unspecified atom stereocenters. The van der Waals surface area contributed by atoms with Gasteiger partial charge in [-0.05, 0) is 63.4 Å². The predicted molar refractivity (Wildman–Crippen MR) is 167 cm³/mol. The third-order valence-corrected chi connectivity index (χ3v) is 7.38. The number of rotatable bonds is 10. The lowest BCUT2D eigenvalue weighted by Gasteiger charge is -2.22. The molecular weight excluding hydrogens is 522 g/mol. The molecule has 0 aromatic heterocycles. The van der Waals surface area contributed by atoms with Crippen molar-refractivity contribution in [1.29, 1.82) is 0 Å². The maximum Gasteiger partial charge on any atom is 0.253 e. The van der Waals surface area contributed by atoms with Crippen LogP contribution in [0.2, 0.25) is 0 Å². The molecule has 1 atom stereocenters. The molecule has 1 heterocycles. The van der Waals surface area contributed by atoms with Gasteiger partial charge in [0.05, 0.1) is 13.7 Å². The Labute approximate surface area is 249 Å². The van der Waals surface area contributed by atoms with Gasteiger partial charge in [0.1, 0.15) is 0 Å². The normalized spacial score (nSPS) is 16.2. The lowest BCUT2D eigenvalue weighted by Crippen LogP contribution is -2.32. The standard InChI is InChI=1S/C16H25NO4.C8H16N2O.C7H14.CH4O/c1-12(2)17(3)16(18)13-7-8-14(20-5)15(11-13)21-10-6-9-19-4;1-7(11)10(2)6-8-3-4-9-5-8;1-7-5-3-2-4-6-7;1-2/h7-8,11-12H,6,9-10H2,1-5H3;8-9H,3-6H2,1-2H3;7H,2-6H2,1H3;2H,1H3. The van der Waals surface area contributed by atoms with Gasteiger partial charge < -0.3 is 34.4 Å². The molecule has 238 valence electrons. The zero-order chi connectivity index (χ0) is 31.2. The number of hydrogen-bond acceptors (Lipinski definition) is 7. The smallest absolute Gasteiger partial charge is 0.253 e. The van der Waals surface area contributed by atoms with Crippen molar-refractivity contribution < 1.29 is 28.9 Å². The summed E-state index contributed by atoms with van der Waals surface area (Å²) in [6.07, 6.45) is 9.42. The van der Waals surface area contributed by atoms with Crippen molar-refractivity contribution >= 4 is 11.8 Å². The summed E-state index contributed by atoms with van der Waals surface area (Å²) < 4.78 is 15.9. The minimum Gasteiger partial charge on any atom is -0.493 e. The van der Waals surface area contributed by atoms with Crippen LogP contribution in [0.3, 0.4) is 0 Å². The Morgan fingerprint density at radius 1 is 1.02 bits per heavy atom. The molecule has 2 fully saturated rings. The first-order valence-electron chi connectivity index (χ1n) is 15.0. The van der Waals surface area contributed by atoms with E-state index in [0.29, 0.717) is 36.2 Å². The quantitative estimate of drug-likeness (QED) is 0.381. The molecule has 1 aromatic rings. The van der Waals surface area contributed by atoms with Crippen LogP contribution in [0.5, 0.6) is 11.5 Å². The van der Waals surface area contributed by atoms with Gasteiger partial charge in [0, 0.05) is 66.4 Å². The zero-order valence-corrected chi connectivity index (χ0v) is 27.3. The molecule has 0 radical (unpaired) electrons. The van der Waals surface area contributed by atoms with E-state index >= 15 is 0 Å². The third kappa shape index (κ3) is 16.6. The van der Waals surface area contributed by atoms with E-state index in [1.165, 1.54) is 38.5 Å². The number of carbonyl (C=O) groups is 2. The number of ether oxygens (including phenoxy) is 3. The number of benzene rings is 1. The first kappa shape index (κ1) is 38.6. The van der Waals surface area contributed by atoms with Crippen molar-refractivity contribution in [2.24, 2.45) is 11.8 Å². The van der Waals surface area contributed by atoms with Gasteiger partial charge in [-0.1, -0.05) is 39.0 Å². The number of methoxy groups -OCH3 is 2. The minimum absolute atomic E-state index is 0.0330. The number of amides is 2. The number of nitrogens with one attached hydrogen (secondary N) is 1. The predicted octanol–water partition coefficient (Wildman–Crippen LogP) is 4.86. The molecule has 9 nitrogen and oxygen atoms in total. The highest BCUT2D eigenvalue weighted by atomic mass is 16.5. The summed E-state index contributed by atoms with van der Waals surface area (Å²) in [5.74, 6) is 3.04. The molecule has 2 aliphatic rings. The molecule has 2 amide bonds. The van der Waals surface area contributed by atoms with E-state index in [2.05, 4.69) is 12.2 Å². The van der Waals surface area contributed by atoms with Crippen LogP contribution < -0.4 is 14.8 Å². The highest BCUT2D eigenvalue weighted by Crippen LogP contribution is 2.29. The molecule has 1 saturated heterocycles. The van der Waals surface area contributed by atoms with E-state index in [9.17, 15) is 9.59 Å². The fourth-order valence-electron chi connectivity index (χ4n) is 4.44. The SMILES string of the molecule is CC(=O)N(C)CC1CCNC1.CC1CCCCC1.CO.COCCCOc1cc(C(=O)N(C)C(C)C)ccc1OC. The van der Waals surface area contributed by atoms with Crippen molar-refractivity contribution in [2.45, 2.75) is 78.7 Å². The van der Waals surface area contributed by atoms with E-state index in [4.69, 9.17) is 19.3 Å². The number of carbonyl (C=O) groups excluding carboxylic acids is 2. The Morgan fingerprint density at radius 2 is 1.68 bits per heavy atom. The molecule has 0 bridgehead atoms. The van der Waals surface area contributed by atoms with Gasteiger partial charge in [-0.25, -0.2) is 0 Å². The number of nitrogens with zero attached hydrogens (tertiary/aromatic N) is 2. The topological polar surface area (TPSA) is 101 Å². The number of aliphatic hydroxyl groups excluding tert-OH is 1. The van der Waals surface area contributed by atoms with Crippen LogP contribution >= 0.6 is 0 Å². The van der Waals surface area contributed by atoms with E-state index in [1.807, 2.05) is 20.9 Å². The first-order valence-corrected chi connectivity index (χ1v) is 15.0. The number of hydrogen-bond donors (Lipinski definition) is 2. The van der Waals surface area contributed by atoms with Crippen molar-refractivity contribution in [1.82, 2.24) is 15.1 Å². The van der Waals surface area contributed by atoms with Gasteiger partial charge in [0.15, 0.2) is 11.5 Å². The van der Waals surface area contributed by atoms with Gasteiger partial charge in [0.25, 0.3) is 5.91 Å². The van der Waals surface area contributed by atoms with Crippen LogP contribution in [0.25, 0.3) is 0 Å². The summed E-state index contributed by atoms with van der Waals surface area (Å²) in [5.41, 5.74) is 0.591. The highest BCUT2D eigenvalue weighted by molar-refractivity contribution is 5.95. The Morgan fingerprint density at radius 3 is 2.15 bits per heavy atom. The molecular formula is C32H59N3O6. The van der Waals surface area contributed by atoms with Crippen LogP contribution in [0.4, 0.5) is 0 Å². The maximum atomic E-state index is 12.3. The zero-order valence-electron chi connectivity index (χ0n) is 27.3. The Kier molecular flexibility index (Phi) is 21.9. The largest absolute Gasteiger partial charge is 0.493 e. The summed E-state index contributed by atoms with van der Waals surface area (Å²) in [4.78, 5) is 26.6. The summed E-state index contributed by atoms with van der Waals surface area (Å²) in [6.45, 7) is 12.2. The monoisotopic (exact) mass is 581 g/mol.